The van der Waals surface area contributed by atoms with Gasteiger partial charge in [0.1, 0.15) is 0 Å². The number of piperidine rings is 1. The summed E-state index contributed by atoms with van der Waals surface area (Å²) >= 11 is 0. The van der Waals surface area contributed by atoms with Crippen molar-refractivity contribution in [2.75, 3.05) is 25.4 Å². The van der Waals surface area contributed by atoms with Crippen molar-refractivity contribution in [2.45, 2.75) is 44.6 Å². The molecule has 3 fully saturated rings. The lowest BCUT2D eigenvalue weighted by molar-refractivity contribution is -0.0000854. The Balaban J connectivity index is 1.91. The second-order valence-electron chi connectivity index (χ2n) is 6.03. The summed E-state index contributed by atoms with van der Waals surface area (Å²) in [5.74, 6) is 1.42. The van der Waals surface area contributed by atoms with E-state index in [9.17, 15) is 8.42 Å². The first-order chi connectivity index (χ1) is 8.61. The van der Waals surface area contributed by atoms with E-state index in [4.69, 9.17) is 0 Å². The van der Waals surface area contributed by atoms with Crippen molar-refractivity contribution in [3.63, 3.8) is 0 Å². The van der Waals surface area contributed by atoms with E-state index in [0.717, 1.165) is 32.5 Å². The number of sulfonamides is 1. The molecule has 0 aromatic rings. The molecule has 1 aliphatic carbocycles. The average Bonchev–Trinajstić information content (AvgIpc) is 2.63. The summed E-state index contributed by atoms with van der Waals surface area (Å²) in [7, 11) is -3.03. The maximum Gasteiger partial charge on any atom is 0.214 e. The van der Waals surface area contributed by atoms with Crippen molar-refractivity contribution in [3.05, 3.63) is 0 Å². The van der Waals surface area contributed by atoms with E-state index in [1.54, 1.807) is 6.92 Å². The van der Waals surface area contributed by atoms with Crippen LogP contribution in [0, 0.1) is 11.8 Å². The molecule has 1 saturated carbocycles. The van der Waals surface area contributed by atoms with Gasteiger partial charge in [0.15, 0.2) is 0 Å². The Bertz CT molecular complexity index is 417. The van der Waals surface area contributed by atoms with Gasteiger partial charge in [-0.25, -0.2) is 8.42 Å². The van der Waals surface area contributed by atoms with Gasteiger partial charge in [-0.05, 0) is 64.0 Å². The van der Waals surface area contributed by atoms with Crippen molar-refractivity contribution in [2.24, 2.45) is 11.8 Å². The van der Waals surface area contributed by atoms with Crippen LogP contribution in [-0.2, 0) is 10.0 Å². The molecule has 0 radical (unpaired) electrons. The summed E-state index contributed by atoms with van der Waals surface area (Å²) in [6.45, 7) is 4.63. The lowest BCUT2D eigenvalue weighted by Crippen LogP contribution is -2.63. The SMILES string of the molecule is CCS(=O)(=O)N1CCC2CCC21C1CCCNC1. The minimum absolute atomic E-state index is 0.0116. The van der Waals surface area contributed by atoms with Crippen LogP contribution in [0.5, 0.6) is 0 Å². The van der Waals surface area contributed by atoms with E-state index < -0.39 is 10.0 Å². The molecule has 3 atom stereocenters. The van der Waals surface area contributed by atoms with Crippen molar-refractivity contribution in [1.82, 2.24) is 9.62 Å². The van der Waals surface area contributed by atoms with Gasteiger partial charge in [0.2, 0.25) is 10.0 Å². The van der Waals surface area contributed by atoms with Gasteiger partial charge in [-0.1, -0.05) is 0 Å². The van der Waals surface area contributed by atoms with Crippen LogP contribution in [0.1, 0.15) is 39.0 Å². The molecule has 2 saturated heterocycles. The summed E-state index contributed by atoms with van der Waals surface area (Å²) in [4.78, 5) is 0. The Kier molecular flexibility index (Phi) is 3.19. The maximum absolute atomic E-state index is 12.3. The van der Waals surface area contributed by atoms with E-state index in [-0.39, 0.29) is 11.3 Å². The van der Waals surface area contributed by atoms with Crippen LogP contribution in [0.3, 0.4) is 0 Å². The molecule has 5 heteroatoms. The molecule has 2 aliphatic heterocycles. The van der Waals surface area contributed by atoms with Crippen LogP contribution in [0.25, 0.3) is 0 Å². The number of hydrogen-bond acceptors (Lipinski definition) is 3. The normalized spacial score (nSPS) is 41.4. The third kappa shape index (κ3) is 1.67. The van der Waals surface area contributed by atoms with Crippen LogP contribution in [0.15, 0.2) is 0 Å². The monoisotopic (exact) mass is 272 g/mol. The molecule has 1 N–H and O–H groups in total. The summed E-state index contributed by atoms with van der Waals surface area (Å²) in [6.07, 6.45) is 5.78. The summed E-state index contributed by atoms with van der Waals surface area (Å²) in [5, 5.41) is 3.46. The lowest BCUT2D eigenvalue weighted by atomic mass is 9.60. The third-order valence-electron chi connectivity index (χ3n) is 5.45. The second kappa shape index (κ2) is 4.46. The minimum atomic E-state index is -3.03. The summed E-state index contributed by atoms with van der Waals surface area (Å²) in [6, 6.07) is 0. The Morgan fingerprint density at radius 3 is 2.67 bits per heavy atom. The van der Waals surface area contributed by atoms with Crippen LogP contribution < -0.4 is 5.32 Å². The quantitative estimate of drug-likeness (QED) is 0.839. The van der Waals surface area contributed by atoms with E-state index in [1.165, 1.54) is 19.3 Å². The third-order valence-corrected chi connectivity index (χ3v) is 7.37. The number of nitrogens with one attached hydrogen (secondary N) is 1. The Hall–Kier alpha value is -0.130. The van der Waals surface area contributed by atoms with E-state index >= 15 is 0 Å². The first-order valence-corrected chi connectivity index (χ1v) is 8.93. The smallest absolute Gasteiger partial charge is 0.214 e. The molecule has 0 spiro atoms. The second-order valence-corrected chi connectivity index (χ2v) is 8.21. The Morgan fingerprint density at radius 1 is 1.28 bits per heavy atom. The molecule has 0 aromatic carbocycles. The summed E-state index contributed by atoms with van der Waals surface area (Å²) in [5.41, 5.74) is -0.0116. The highest BCUT2D eigenvalue weighted by Crippen LogP contribution is 2.56. The fraction of sp³-hybridized carbons (Fsp3) is 1.00. The van der Waals surface area contributed by atoms with Crippen molar-refractivity contribution < 1.29 is 8.42 Å². The molecule has 3 unspecified atom stereocenters. The van der Waals surface area contributed by atoms with E-state index in [2.05, 4.69) is 5.32 Å². The molecular weight excluding hydrogens is 248 g/mol. The highest BCUT2D eigenvalue weighted by molar-refractivity contribution is 7.89. The van der Waals surface area contributed by atoms with Crippen molar-refractivity contribution >= 4 is 10.0 Å². The van der Waals surface area contributed by atoms with Crippen LogP contribution in [0.2, 0.25) is 0 Å². The Labute approximate surface area is 110 Å². The largest absolute Gasteiger partial charge is 0.316 e. The van der Waals surface area contributed by atoms with Gasteiger partial charge in [-0.3, -0.25) is 0 Å². The molecule has 0 bridgehead atoms. The number of rotatable bonds is 3. The first-order valence-electron chi connectivity index (χ1n) is 7.32. The fourth-order valence-corrected chi connectivity index (χ4v) is 6.02. The van der Waals surface area contributed by atoms with Gasteiger partial charge in [0, 0.05) is 12.1 Å². The molecule has 3 aliphatic rings. The molecule has 0 aromatic heterocycles. The molecule has 2 heterocycles. The Morgan fingerprint density at radius 2 is 2.11 bits per heavy atom. The van der Waals surface area contributed by atoms with Gasteiger partial charge in [0.05, 0.1) is 5.75 Å². The van der Waals surface area contributed by atoms with Crippen LogP contribution in [-0.4, -0.2) is 43.6 Å². The maximum atomic E-state index is 12.3. The molecule has 4 nitrogen and oxygen atoms in total. The zero-order valence-corrected chi connectivity index (χ0v) is 12.0. The highest BCUT2D eigenvalue weighted by atomic mass is 32.2. The van der Waals surface area contributed by atoms with E-state index in [1.807, 2.05) is 4.31 Å². The average molecular weight is 272 g/mol. The van der Waals surface area contributed by atoms with Gasteiger partial charge in [-0.2, -0.15) is 4.31 Å². The topological polar surface area (TPSA) is 49.4 Å². The lowest BCUT2D eigenvalue weighted by Gasteiger charge is -2.55. The van der Waals surface area contributed by atoms with Gasteiger partial charge < -0.3 is 5.32 Å². The first kappa shape index (κ1) is 12.9. The van der Waals surface area contributed by atoms with E-state index in [0.29, 0.717) is 11.8 Å². The minimum Gasteiger partial charge on any atom is -0.316 e. The highest BCUT2D eigenvalue weighted by Gasteiger charge is 2.61. The molecule has 18 heavy (non-hydrogen) atoms. The number of fused-ring (bicyclic) bond motifs is 1. The predicted octanol–water partition coefficient (Wildman–Crippen LogP) is 1.19. The summed E-state index contributed by atoms with van der Waals surface area (Å²) < 4.78 is 26.6. The zero-order valence-electron chi connectivity index (χ0n) is 11.2. The zero-order chi connectivity index (χ0) is 12.8. The fourth-order valence-electron chi connectivity index (χ4n) is 4.42. The number of hydrogen-bond donors (Lipinski definition) is 1. The molecule has 0 amide bonds. The number of nitrogens with zero attached hydrogens (tertiary/aromatic N) is 1. The van der Waals surface area contributed by atoms with Gasteiger partial charge >= 0.3 is 0 Å². The van der Waals surface area contributed by atoms with Gasteiger partial charge in [0.25, 0.3) is 0 Å². The molecule has 104 valence electrons. The standard InChI is InChI=1S/C13H24N2O2S/c1-2-18(16,17)15-9-6-11-5-7-13(11,15)12-4-3-8-14-10-12/h11-12,14H,2-10H2,1H3. The van der Waals surface area contributed by atoms with Gasteiger partial charge in [-0.15, -0.1) is 0 Å². The predicted molar refractivity (Wildman–Crippen MR) is 71.8 cm³/mol. The van der Waals surface area contributed by atoms with Crippen molar-refractivity contribution in [1.29, 1.82) is 0 Å². The van der Waals surface area contributed by atoms with Crippen LogP contribution >= 0.6 is 0 Å². The van der Waals surface area contributed by atoms with Crippen molar-refractivity contribution in [3.8, 4) is 0 Å². The molecular formula is C13H24N2O2S. The van der Waals surface area contributed by atoms with Crippen LogP contribution in [0.4, 0.5) is 0 Å². The molecule has 3 rings (SSSR count).